The van der Waals surface area contributed by atoms with Gasteiger partial charge in [-0.3, -0.25) is 10.9 Å². The van der Waals surface area contributed by atoms with Crippen LogP contribution in [0.2, 0.25) is 0 Å². The van der Waals surface area contributed by atoms with E-state index in [1.54, 1.807) is 0 Å². The molecule has 1 aliphatic heterocycles. The summed E-state index contributed by atoms with van der Waals surface area (Å²) in [5, 5.41) is 0. The number of nitrogens with one attached hydrogen (secondary N) is 2. The van der Waals surface area contributed by atoms with E-state index in [4.69, 9.17) is 0 Å². The summed E-state index contributed by atoms with van der Waals surface area (Å²) in [5.41, 5.74) is 6.15. The Hall–Kier alpha value is -0.0800. The van der Waals surface area contributed by atoms with Crippen LogP contribution < -0.4 is 10.9 Å². The molecule has 1 heterocycles. The largest absolute Gasteiger partial charge is 0.258 e. The summed E-state index contributed by atoms with van der Waals surface area (Å²) in [6.45, 7) is 4.51. The molecule has 0 aromatic rings. The van der Waals surface area contributed by atoms with Gasteiger partial charge in [-0.2, -0.15) is 0 Å². The summed E-state index contributed by atoms with van der Waals surface area (Å²) < 4.78 is 0. The number of hydrogen-bond donors (Lipinski definition) is 2. The van der Waals surface area contributed by atoms with Crippen LogP contribution in [0.25, 0.3) is 0 Å². The van der Waals surface area contributed by atoms with Crippen LogP contribution in [-0.2, 0) is 0 Å². The van der Waals surface area contributed by atoms with Crippen molar-refractivity contribution in [2.75, 3.05) is 13.1 Å². The second kappa shape index (κ2) is 2.28. The van der Waals surface area contributed by atoms with Gasteiger partial charge in [-0.1, -0.05) is 6.92 Å². The van der Waals surface area contributed by atoms with Gasteiger partial charge in [-0.15, -0.1) is 0 Å². The Morgan fingerprint density at radius 3 is 2.57 bits per heavy atom. The van der Waals surface area contributed by atoms with Gasteiger partial charge in [0.15, 0.2) is 0 Å². The first-order chi connectivity index (χ1) is 3.39. The van der Waals surface area contributed by atoms with Crippen LogP contribution in [-0.4, -0.2) is 13.1 Å². The molecule has 1 fully saturated rings. The molecule has 1 saturated heterocycles. The van der Waals surface area contributed by atoms with E-state index in [9.17, 15) is 0 Å². The minimum atomic E-state index is 0.862. The van der Waals surface area contributed by atoms with Crippen molar-refractivity contribution in [3.63, 3.8) is 0 Å². The van der Waals surface area contributed by atoms with Gasteiger partial charge >= 0.3 is 0 Å². The number of hydrogen-bond acceptors (Lipinski definition) is 2. The molecule has 0 radical (unpaired) electrons. The van der Waals surface area contributed by atoms with Crippen molar-refractivity contribution in [3.05, 3.63) is 0 Å². The standard InChI is InChI=1S/C5H12N2/c1-5-2-3-6-7-4-5/h5-7H,2-4H2,1H3/t5-/m1/s1. The highest BCUT2D eigenvalue weighted by Crippen LogP contribution is 1.99. The zero-order valence-electron chi connectivity index (χ0n) is 4.70. The van der Waals surface area contributed by atoms with Crippen molar-refractivity contribution < 1.29 is 0 Å². The predicted octanol–water partition coefficient (Wildman–Crippen LogP) is 0.120. The molecule has 1 atom stereocenters. The van der Waals surface area contributed by atoms with E-state index in [0.29, 0.717) is 0 Å². The lowest BCUT2D eigenvalue weighted by atomic mass is 10.1. The predicted molar refractivity (Wildman–Crippen MR) is 29.8 cm³/mol. The molecule has 7 heavy (non-hydrogen) atoms. The van der Waals surface area contributed by atoms with Gasteiger partial charge in [0.2, 0.25) is 0 Å². The maximum atomic E-state index is 3.08. The zero-order valence-corrected chi connectivity index (χ0v) is 4.70. The molecule has 2 N–H and O–H groups in total. The first kappa shape index (κ1) is 5.06. The van der Waals surface area contributed by atoms with Crippen LogP contribution >= 0.6 is 0 Å². The number of rotatable bonds is 0. The van der Waals surface area contributed by atoms with E-state index in [2.05, 4.69) is 17.8 Å². The Kier molecular flexibility index (Phi) is 1.65. The Balaban J connectivity index is 2.12. The highest BCUT2D eigenvalue weighted by molar-refractivity contribution is 4.60. The van der Waals surface area contributed by atoms with Crippen LogP contribution in [0.4, 0.5) is 0 Å². The lowest BCUT2D eigenvalue weighted by molar-refractivity contribution is 0.356. The first-order valence-corrected chi connectivity index (χ1v) is 2.85. The van der Waals surface area contributed by atoms with Crippen LogP contribution in [0.5, 0.6) is 0 Å². The molecule has 1 rings (SSSR count). The average Bonchev–Trinajstić information content (AvgIpc) is 1.69. The fourth-order valence-electron chi connectivity index (χ4n) is 0.755. The summed E-state index contributed by atoms with van der Waals surface area (Å²) >= 11 is 0. The van der Waals surface area contributed by atoms with Crippen LogP contribution in [0, 0.1) is 5.92 Å². The summed E-state index contributed by atoms with van der Waals surface area (Å²) in [6, 6.07) is 0. The summed E-state index contributed by atoms with van der Waals surface area (Å²) in [4.78, 5) is 0. The van der Waals surface area contributed by atoms with Gasteiger partial charge in [0.1, 0.15) is 0 Å². The van der Waals surface area contributed by atoms with Crippen LogP contribution in [0.1, 0.15) is 13.3 Å². The molecular formula is C5H12N2. The summed E-state index contributed by atoms with van der Waals surface area (Å²) in [6.07, 6.45) is 1.31. The third-order valence-electron chi connectivity index (χ3n) is 1.34. The normalized spacial score (nSPS) is 33.0. The second-order valence-electron chi connectivity index (χ2n) is 2.20. The quantitative estimate of drug-likeness (QED) is 0.452. The van der Waals surface area contributed by atoms with Crippen LogP contribution in [0.15, 0.2) is 0 Å². The molecular weight excluding hydrogens is 88.1 g/mol. The minimum absolute atomic E-state index is 0.862. The molecule has 0 spiro atoms. The number of hydrazine groups is 1. The summed E-state index contributed by atoms with van der Waals surface area (Å²) in [7, 11) is 0. The minimum Gasteiger partial charge on any atom is -0.258 e. The lowest BCUT2D eigenvalue weighted by Crippen LogP contribution is -2.41. The topological polar surface area (TPSA) is 24.1 Å². The van der Waals surface area contributed by atoms with Crippen LogP contribution in [0.3, 0.4) is 0 Å². The Bertz CT molecular complexity index is 48.0. The van der Waals surface area contributed by atoms with E-state index in [0.717, 1.165) is 19.0 Å². The smallest absolute Gasteiger partial charge is 0.0126 e. The fraction of sp³-hybridized carbons (Fsp3) is 1.00. The van der Waals surface area contributed by atoms with Gasteiger partial charge in [0.25, 0.3) is 0 Å². The van der Waals surface area contributed by atoms with E-state index in [1.807, 2.05) is 0 Å². The third kappa shape index (κ3) is 1.45. The summed E-state index contributed by atoms with van der Waals surface area (Å²) in [5.74, 6) is 0.862. The Morgan fingerprint density at radius 1 is 1.43 bits per heavy atom. The lowest BCUT2D eigenvalue weighted by Gasteiger charge is -2.18. The average molecular weight is 100 g/mol. The van der Waals surface area contributed by atoms with E-state index < -0.39 is 0 Å². The van der Waals surface area contributed by atoms with Gasteiger partial charge in [0.05, 0.1) is 0 Å². The Morgan fingerprint density at radius 2 is 2.29 bits per heavy atom. The highest BCUT2D eigenvalue weighted by Gasteiger charge is 2.04. The molecule has 0 saturated carbocycles. The van der Waals surface area contributed by atoms with Crippen molar-refractivity contribution in [3.8, 4) is 0 Å². The molecule has 0 aliphatic carbocycles. The molecule has 0 aromatic heterocycles. The Labute approximate surface area is 44.3 Å². The van der Waals surface area contributed by atoms with Crippen molar-refractivity contribution in [1.29, 1.82) is 0 Å². The molecule has 2 heteroatoms. The van der Waals surface area contributed by atoms with Gasteiger partial charge in [-0.25, -0.2) is 0 Å². The van der Waals surface area contributed by atoms with Crippen molar-refractivity contribution in [1.82, 2.24) is 10.9 Å². The molecule has 1 aliphatic rings. The van der Waals surface area contributed by atoms with Gasteiger partial charge in [-0.05, 0) is 12.3 Å². The SMILES string of the molecule is C[C@@H]1CCNNC1. The maximum Gasteiger partial charge on any atom is 0.0126 e. The van der Waals surface area contributed by atoms with Crippen molar-refractivity contribution in [2.24, 2.45) is 5.92 Å². The van der Waals surface area contributed by atoms with E-state index in [1.165, 1.54) is 6.42 Å². The van der Waals surface area contributed by atoms with E-state index >= 15 is 0 Å². The fourth-order valence-corrected chi connectivity index (χ4v) is 0.755. The zero-order chi connectivity index (χ0) is 5.11. The third-order valence-corrected chi connectivity index (χ3v) is 1.34. The second-order valence-corrected chi connectivity index (χ2v) is 2.20. The highest BCUT2D eigenvalue weighted by atomic mass is 15.4. The van der Waals surface area contributed by atoms with E-state index in [-0.39, 0.29) is 0 Å². The van der Waals surface area contributed by atoms with Gasteiger partial charge < -0.3 is 0 Å². The molecule has 0 amide bonds. The molecule has 0 bridgehead atoms. The van der Waals surface area contributed by atoms with Gasteiger partial charge in [0, 0.05) is 13.1 Å². The maximum absolute atomic E-state index is 3.08. The molecule has 0 aromatic carbocycles. The van der Waals surface area contributed by atoms with Crippen molar-refractivity contribution in [2.45, 2.75) is 13.3 Å². The first-order valence-electron chi connectivity index (χ1n) is 2.85. The molecule has 2 nitrogen and oxygen atoms in total. The molecule has 0 unspecified atom stereocenters. The monoisotopic (exact) mass is 100 g/mol. The molecule has 42 valence electrons. The van der Waals surface area contributed by atoms with Crippen molar-refractivity contribution >= 4 is 0 Å².